The minimum Gasteiger partial charge on any atom is -0.450 e. The quantitative estimate of drug-likeness (QED) is 0.814. The molecular formula is C11H14BrNO3. The van der Waals surface area contributed by atoms with Crippen molar-refractivity contribution in [2.45, 2.75) is 19.4 Å². The zero-order valence-electron chi connectivity index (χ0n) is 8.94. The SMILES string of the molecule is CCC(CO)NC(=O)/C=C/c1ccc(Br)o1. The van der Waals surface area contributed by atoms with Crippen molar-refractivity contribution in [3.8, 4) is 0 Å². The van der Waals surface area contributed by atoms with Gasteiger partial charge in [-0.15, -0.1) is 0 Å². The van der Waals surface area contributed by atoms with Gasteiger partial charge in [0.2, 0.25) is 5.91 Å². The van der Waals surface area contributed by atoms with Crippen molar-refractivity contribution in [1.82, 2.24) is 5.32 Å². The van der Waals surface area contributed by atoms with Gasteiger partial charge in [-0.2, -0.15) is 0 Å². The Morgan fingerprint density at radius 3 is 2.94 bits per heavy atom. The Bertz CT molecular complexity index is 369. The summed E-state index contributed by atoms with van der Waals surface area (Å²) in [6.07, 6.45) is 3.65. The molecule has 0 saturated carbocycles. The minimum atomic E-state index is -0.242. The van der Waals surface area contributed by atoms with E-state index in [9.17, 15) is 4.79 Å². The molecule has 4 nitrogen and oxygen atoms in total. The fraction of sp³-hybridized carbons (Fsp3) is 0.364. The van der Waals surface area contributed by atoms with E-state index >= 15 is 0 Å². The van der Waals surface area contributed by atoms with Gasteiger partial charge in [0.1, 0.15) is 5.76 Å². The third-order valence-electron chi connectivity index (χ3n) is 2.05. The van der Waals surface area contributed by atoms with E-state index in [-0.39, 0.29) is 18.6 Å². The third-order valence-corrected chi connectivity index (χ3v) is 2.48. The van der Waals surface area contributed by atoms with Crippen LogP contribution in [0.15, 0.2) is 27.3 Å². The lowest BCUT2D eigenvalue weighted by Gasteiger charge is -2.11. The molecule has 0 radical (unpaired) electrons. The molecule has 1 atom stereocenters. The zero-order valence-corrected chi connectivity index (χ0v) is 10.5. The third kappa shape index (κ3) is 4.20. The Labute approximate surface area is 102 Å². The molecule has 1 aromatic rings. The van der Waals surface area contributed by atoms with Gasteiger partial charge >= 0.3 is 0 Å². The molecule has 2 N–H and O–H groups in total. The van der Waals surface area contributed by atoms with Gasteiger partial charge in [-0.1, -0.05) is 6.92 Å². The van der Waals surface area contributed by atoms with Gasteiger partial charge in [0.25, 0.3) is 0 Å². The lowest BCUT2D eigenvalue weighted by molar-refractivity contribution is -0.117. The fourth-order valence-corrected chi connectivity index (χ4v) is 1.42. The van der Waals surface area contributed by atoms with Crippen LogP contribution in [-0.2, 0) is 4.79 Å². The molecule has 1 rings (SSSR count). The summed E-state index contributed by atoms with van der Waals surface area (Å²) in [6.45, 7) is 1.84. The maximum Gasteiger partial charge on any atom is 0.244 e. The number of carbonyl (C=O) groups is 1. The second-order valence-electron chi connectivity index (χ2n) is 3.27. The molecule has 5 heteroatoms. The van der Waals surface area contributed by atoms with Crippen LogP contribution in [0.4, 0.5) is 0 Å². The van der Waals surface area contributed by atoms with Crippen molar-refractivity contribution in [3.63, 3.8) is 0 Å². The largest absolute Gasteiger partial charge is 0.450 e. The number of halogens is 1. The van der Waals surface area contributed by atoms with Crippen LogP contribution in [0.2, 0.25) is 0 Å². The molecule has 0 aliphatic carbocycles. The van der Waals surface area contributed by atoms with Crippen molar-refractivity contribution < 1.29 is 14.3 Å². The minimum absolute atomic E-state index is 0.0532. The van der Waals surface area contributed by atoms with Crippen molar-refractivity contribution in [2.24, 2.45) is 0 Å². The molecule has 0 bridgehead atoms. The number of hydrogen-bond donors (Lipinski definition) is 2. The predicted octanol–water partition coefficient (Wildman–Crippen LogP) is 1.94. The zero-order chi connectivity index (χ0) is 12.0. The first kappa shape index (κ1) is 13.0. The summed E-state index contributed by atoms with van der Waals surface area (Å²) in [5, 5.41) is 11.6. The van der Waals surface area contributed by atoms with E-state index < -0.39 is 0 Å². The Hall–Kier alpha value is -1.07. The average Bonchev–Trinajstić information content (AvgIpc) is 2.69. The Morgan fingerprint density at radius 2 is 2.44 bits per heavy atom. The molecule has 1 unspecified atom stereocenters. The van der Waals surface area contributed by atoms with Crippen LogP contribution in [0, 0.1) is 0 Å². The molecule has 0 aromatic carbocycles. The summed E-state index contributed by atoms with van der Waals surface area (Å²) in [6, 6.07) is 3.30. The van der Waals surface area contributed by atoms with Gasteiger partial charge in [0, 0.05) is 6.08 Å². The summed E-state index contributed by atoms with van der Waals surface area (Å²) in [5.74, 6) is 0.354. The summed E-state index contributed by atoms with van der Waals surface area (Å²) in [4.78, 5) is 11.4. The smallest absolute Gasteiger partial charge is 0.244 e. The molecule has 0 saturated heterocycles. The Morgan fingerprint density at radius 1 is 1.69 bits per heavy atom. The van der Waals surface area contributed by atoms with E-state index in [1.807, 2.05) is 6.92 Å². The number of furan rings is 1. The van der Waals surface area contributed by atoms with E-state index in [1.54, 1.807) is 18.2 Å². The van der Waals surface area contributed by atoms with E-state index in [2.05, 4.69) is 21.2 Å². The first-order valence-corrected chi connectivity index (χ1v) is 5.79. The average molecular weight is 288 g/mol. The van der Waals surface area contributed by atoms with Crippen LogP contribution in [0.5, 0.6) is 0 Å². The first-order valence-electron chi connectivity index (χ1n) is 5.00. The summed E-state index contributed by atoms with van der Waals surface area (Å²) >= 11 is 3.17. The van der Waals surface area contributed by atoms with E-state index in [0.717, 1.165) is 0 Å². The fourth-order valence-electron chi connectivity index (χ4n) is 1.10. The monoisotopic (exact) mass is 287 g/mol. The maximum atomic E-state index is 11.4. The van der Waals surface area contributed by atoms with Gasteiger partial charge in [0.15, 0.2) is 4.67 Å². The number of nitrogens with one attached hydrogen (secondary N) is 1. The van der Waals surface area contributed by atoms with Gasteiger partial charge in [-0.3, -0.25) is 4.79 Å². The lowest BCUT2D eigenvalue weighted by atomic mass is 10.2. The highest BCUT2D eigenvalue weighted by atomic mass is 79.9. The molecule has 88 valence electrons. The summed E-state index contributed by atoms with van der Waals surface area (Å²) in [7, 11) is 0. The predicted molar refractivity (Wildman–Crippen MR) is 64.7 cm³/mol. The van der Waals surface area contributed by atoms with Crippen LogP contribution >= 0.6 is 15.9 Å². The highest BCUT2D eigenvalue weighted by Gasteiger charge is 2.06. The lowest BCUT2D eigenvalue weighted by Crippen LogP contribution is -2.35. The summed E-state index contributed by atoms with van der Waals surface area (Å²) < 4.78 is 5.81. The molecule has 0 fully saturated rings. The number of rotatable bonds is 5. The molecule has 0 aliphatic rings. The number of carbonyl (C=O) groups excluding carboxylic acids is 1. The molecule has 0 spiro atoms. The van der Waals surface area contributed by atoms with Crippen molar-refractivity contribution in [2.75, 3.05) is 6.61 Å². The van der Waals surface area contributed by atoms with Crippen LogP contribution < -0.4 is 5.32 Å². The highest BCUT2D eigenvalue weighted by molar-refractivity contribution is 9.10. The molecule has 16 heavy (non-hydrogen) atoms. The number of aliphatic hydroxyl groups excluding tert-OH is 1. The topological polar surface area (TPSA) is 62.5 Å². The van der Waals surface area contributed by atoms with Gasteiger partial charge in [-0.05, 0) is 40.6 Å². The van der Waals surface area contributed by atoms with Crippen molar-refractivity contribution in [3.05, 3.63) is 28.6 Å². The molecule has 1 aromatic heterocycles. The van der Waals surface area contributed by atoms with Gasteiger partial charge < -0.3 is 14.8 Å². The van der Waals surface area contributed by atoms with Crippen LogP contribution in [-0.4, -0.2) is 23.7 Å². The van der Waals surface area contributed by atoms with Crippen LogP contribution in [0.3, 0.4) is 0 Å². The van der Waals surface area contributed by atoms with Gasteiger partial charge in [-0.25, -0.2) is 0 Å². The molecule has 1 amide bonds. The second kappa shape index (κ2) is 6.50. The van der Waals surface area contributed by atoms with Crippen LogP contribution in [0.1, 0.15) is 19.1 Å². The van der Waals surface area contributed by atoms with E-state index in [1.165, 1.54) is 6.08 Å². The molecule has 1 heterocycles. The maximum absolute atomic E-state index is 11.4. The molecular weight excluding hydrogens is 274 g/mol. The summed E-state index contributed by atoms with van der Waals surface area (Å²) in [5.41, 5.74) is 0. The number of amides is 1. The second-order valence-corrected chi connectivity index (χ2v) is 4.05. The van der Waals surface area contributed by atoms with Crippen molar-refractivity contribution in [1.29, 1.82) is 0 Å². The normalized spacial score (nSPS) is 12.9. The highest BCUT2D eigenvalue weighted by Crippen LogP contribution is 2.14. The number of hydrogen-bond acceptors (Lipinski definition) is 3. The first-order chi connectivity index (χ1) is 7.65. The van der Waals surface area contributed by atoms with E-state index in [0.29, 0.717) is 16.9 Å². The molecule has 0 aliphatic heterocycles. The Balaban J connectivity index is 2.48. The van der Waals surface area contributed by atoms with Crippen LogP contribution in [0.25, 0.3) is 6.08 Å². The van der Waals surface area contributed by atoms with Gasteiger partial charge in [0.05, 0.1) is 12.6 Å². The standard InChI is InChI=1S/C11H14BrNO3/c1-2-8(7-14)13-11(15)6-4-9-3-5-10(12)16-9/h3-6,8,14H,2,7H2,1H3,(H,13,15)/b6-4+. The number of aliphatic hydroxyl groups is 1. The Kier molecular flexibility index (Phi) is 5.28. The van der Waals surface area contributed by atoms with E-state index in [4.69, 9.17) is 9.52 Å². The van der Waals surface area contributed by atoms with Crippen molar-refractivity contribution >= 4 is 27.9 Å².